The van der Waals surface area contributed by atoms with E-state index in [4.69, 9.17) is 9.47 Å². The molecule has 1 fully saturated rings. The zero-order valence-electron chi connectivity index (χ0n) is 26.4. The lowest BCUT2D eigenvalue weighted by Gasteiger charge is -2.12. The fourth-order valence-corrected chi connectivity index (χ4v) is 4.31. The number of fused-ring (bicyclic) bond motifs is 1. The standard InChI is InChI=1S/C29H33NO4.C3H8.2C2H6.CH4/c31-28-26-14-8-9-15-27(26)29(32)30(28)20-10-3-1-2-4-11-21-33-24-16-18-25(19-17-24)34-22-23-12-6-5-7-13-23;1-3-2;2*1-2;/h5-7,12-19H,1-4,8-11,20-22H2;3H2,1-2H3;2*1-2H3;1H4. The number of carbonyl (C=O) groups excluding carboxylic acids is 2. The van der Waals surface area contributed by atoms with Crippen molar-refractivity contribution >= 4 is 11.8 Å². The number of rotatable bonds is 13. The van der Waals surface area contributed by atoms with Gasteiger partial charge in [-0.25, -0.2) is 0 Å². The normalized spacial score (nSPS) is 13.0. The minimum atomic E-state index is -0.108. The summed E-state index contributed by atoms with van der Waals surface area (Å²) in [5.41, 5.74) is 2.38. The van der Waals surface area contributed by atoms with E-state index >= 15 is 0 Å². The zero-order chi connectivity index (χ0) is 30.3. The van der Waals surface area contributed by atoms with Crippen LogP contribution in [0.15, 0.2) is 77.9 Å². The van der Waals surface area contributed by atoms with Crippen molar-refractivity contribution in [3.63, 3.8) is 0 Å². The molecule has 5 nitrogen and oxygen atoms in total. The van der Waals surface area contributed by atoms with Gasteiger partial charge in [-0.3, -0.25) is 14.5 Å². The first-order valence-corrected chi connectivity index (χ1v) is 15.8. The summed E-state index contributed by atoms with van der Waals surface area (Å²) in [6.45, 7) is 14.0. The number of hydrogen-bond acceptors (Lipinski definition) is 4. The van der Waals surface area contributed by atoms with E-state index in [1.54, 1.807) is 0 Å². The number of allylic oxidation sites excluding steroid dienone is 2. The van der Waals surface area contributed by atoms with E-state index in [1.807, 2.05) is 94.4 Å². The second-order valence-electron chi connectivity index (χ2n) is 9.50. The lowest BCUT2D eigenvalue weighted by Crippen LogP contribution is -2.30. The maximum absolute atomic E-state index is 12.4. The number of unbranched alkanes of at least 4 members (excludes halogenated alkanes) is 5. The van der Waals surface area contributed by atoms with E-state index in [0.29, 0.717) is 30.9 Å². The number of nitrogens with zero attached hydrogens (tertiary/aromatic N) is 1. The lowest BCUT2D eigenvalue weighted by atomic mass is 10.0. The molecule has 1 saturated heterocycles. The molecule has 0 N–H and O–H groups in total. The van der Waals surface area contributed by atoms with Crippen LogP contribution in [0.5, 0.6) is 11.5 Å². The molecule has 4 rings (SSSR count). The van der Waals surface area contributed by atoms with E-state index in [0.717, 1.165) is 68.4 Å². The minimum absolute atomic E-state index is 0. The summed E-state index contributed by atoms with van der Waals surface area (Å²) in [4.78, 5) is 26.2. The Balaban J connectivity index is 0.00000194. The van der Waals surface area contributed by atoms with Crippen molar-refractivity contribution in [2.45, 2.75) is 113 Å². The smallest absolute Gasteiger partial charge is 0.261 e. The van der Waals surface area contributed by atoms with Gasteiger partial charge in [-0.2, -0.15) is 0 Å². The van der Waals surface area contributed by atoms with Crippen LogP contribution < -0.4 is 9.47 Å². The highest BCUT2D eigenvalue weighted by atomic mass is 16.5. The maximum atomic E-state index is 12.4. The minimum Gasteiger partial charge on any atom is -0.494 e. The van der Waals surface area contributed by atoms with Crippen molar-refractivity contribution in [3.05, 3.63) is 83.5 Å². The van der Waals surface area contributed by atoms with Crippen molar-refractivity contribution in [1.29, 1.82) is 0 Å². The van der Waals surface area contributed by atoms with E-state index in [1.165, 1.54) is 11.3 Å². The molecule has 5 heteroatoms. The molecule has 0 saturated carbocycles. The molecule has 0 radical (unpaired) electrons. The van der Waals surface area contributed by atoms with Crippen LogP contribution in [0.25, 0.3) is 0 Å². The van der Waals surface area contributed by atoms with Gasteiger partial charge in [-0.05, 0) is 55.5 Å². The number of amides is 2. The molecule has 42 heavy (non-hydrogen) atoms. The van der Waals surface area contributed by atoms with Crippen LogP contribution in [-0.4, -0.2) is 29.9 Å². The first-order valence-electron chi connectivity index (χ1n) is 15.8. The van der Waals surface area contributed by atoms with Gasteiger partial charge in [-0.1, -0.05) is 124 Å². The largest absolute Gasteiger partial charge is 0.494 e. The highest BCUT2D eigenvalue weighted by molar-refractivity contribution is 6.24. The molecule has 0 unspecified atom stereocenters. The number of benzene rings is 2. The Bertz CT molecular complexity index is 1010. The van der Waals surface area contributed by atoms with E-state index in [-0.39, 0.29) is 19.2 Å². The van der Waals surface area contributed by atoms with Crippen molar-refractivity contribution in [1.82, 2.24) is 4.90 Å². The molecule has 2 aromatic carbocycles. The van der Waals surface area contributed by atoms with E-state index < -0.39 is 0 Å². The van der Waals surface area contributed by atoms with Crippen LogP contribution in [0, 0.1) is 0 Å². The van der Waals surface area contributed by atoms with E-state index in [2.05, 4.69) is 13.8 Å². The van der Waals surface area contributed by atoms with Gasteiger partial charge < -0.3 is 9.47 Å². The van der Waals surface area contributed by atoms with Crippen molar-refractivity contribution in [3.8, 4) is 11.5 Å². The molecule has 2 aromatic rings. The summed E-state index contributed by atoms with van der Waals surface area (Å²) < 4.78 is 11.6. The zero-order valence-corrected chi connectivity index (χ0v) is 26.4. The van der Waals surface area contributed by atoms with Crippen molar-refractivity contribution in [2.24, 2.45) is 0 Å². The summed E-state index contributed by atoms with van der Waals surface area (Å²) >= 11 is 0. The van der Waals surface area contributed by atoms with Crippen LogP contribution in [0.4, 0.5) is 0 Å². The van der Waals surface area contributed by atoms with Crippen LogP contribution in [0.2, 0.25) is 0 Å². The van der Waals surface area contributed by atoms with Crippen LogP contribution >= 0.6 is 0 Å². The maximum Gasteiger partial charge on any atom is 0.261 e. The fraction of sp³-hybridized carbons (Fsp3) is 0.514. The monoisotopic (exact) mass is 579 g/mol. The number of imide groups is 1. The number of likely N-dealkylation sites (tertiary alicyclic amines) is 1. The summed E-state index contributed by atoms with van der Waals surface area (Å²) in [5, 5.41) is 0. The number of carbonyl (C=O) groups is 2. The van der Waals surface area contributed by atoms with Gasteiger partial charge in [0, 0.05) is 17.7 Å². The molecule has 1 aliphatic heterocycles. The molecule has 234 valence electrons. The average Bonchev–Trinajstić information content (AvgIpc) is 3.27. The Morgan fingerprint density at radius 1 is 0.643 bits per heavy atom. The van der Waals surface area contributed by atoms with Gasteiger partial charge >= 0.3 is 0 Å². The van der Waals surface area contributed by atoms with Gasteiger partial charge in [0.05, 0.1) is 6.61 Å². The molecule has 0 aromatic heterocycles. The van der Waals surface area contributed by atoms with Gasteiger partial charge in [0.2, 0.25) is 0 Å². The Labute approximate surface area is 257 Å². The van der Waals surface area contributed by atoms with Gasteiger partial charge in [0.25, 0.3) is 11.8 Å². The summed E-state index contributed by atoms with van der Waals surface area (Å²) in [6, 6.07) is 17.9. The summed E-state index contributed by atoms with van der Waals surface area (Å²) in [6.07, 6.45) is 13.0. The Morgan fingerprint density at radius 3 is 1.62 bits per heavy atom. The topological polar surface area (TPSA) is 55.8 Å². The number of ether oxygens (including phenoxy) is 2. The molecule has 0 atom stereocenters. The van der Waals surface area contributed by atoms with Crippen LogP contribution in [-0.2, 0) is 16.2 Å². The predicted molar refractivity (Wildman–Crippen MR) is 178 cm³/mol. The van der Waals surface area contributed by atoms with Gasteiger partial charge in [0.1, 0.15) is 18.1 Å². The molecular weight excluding hydrogens is 522 g/mol. The van der Waals surface area contributed by atoms with Gasteiger partial charge in [0.15, 0.2) is 0 Å². The predicted octanol–water partition coefficient (Wildman–Crippen LogP) is 10.1. The average molecular weight is 580 g/mol. The highest BCUT2D eigenvalue weighted by Gasteiger charge is 2.38. The Kier molecular flexibility index (Phi) is 22.3. The fourth-order valence-electron chi connectivity index (χ4n) is 4.31. The second-order valence-corrected chi connectivity index (χ2v) is 9.50. The van der Waals surface area contributed by atoms with Gasteiger partial charge in [-0.15, -0.1) is 0 Å². The van der Waals surface area contributed by atoms with Crippen molar-refractivity contribution in [2.75, 3.05) is 13.2 Å². The number of hydrogen-bond donors (Lipinski definition) is 0. The summed E-state index contributed by atoms with van der Waals surface area (Å²) in [7, 11) is 0. The van der Waals surface area contributed by atoms with Crippen molar-refractivity contribution < 1.29 is 19.1 Å². The van der Waals surface area contributed by atoms with Crippen LogP contribution in [0.1, 0.15) is 112 Å². The third kappa shape index (κ3) is 13.5. The quantitative estimate of drug-likeness (QED) is 0.175. The van der Waals surface area contributed by atoms with Crippen LogP contribution in [0.3, 0.4) is 0 Å². The highest BCUT2D eigenvalue weighted by Crippen LogP contribution is 2.29. The molecule has 2 aliphatic rings. The third-order valence-corrected chi connectivity index (χ3v) is 6.22. The molecule has 1 heterocycles. The van der Waals surface area contributed by atoms with E-state index in [9.17, 15) is 9.59 Å². The molecule has 0 spiro atoms. The molecule has 1 aliphatic carbocycles. The Morgan fingerprint density at radius 2 is 1.10 bits per heavy atom. The third-order valence-electron chi connectivity index (χ3n) is 6.22. The molecule has 2 amide bonds. The molecular formula is C37H57NO4. The SMILES string of the molecule is C.CC.CC.CCC.O=C1C2=CCCC=C2C(=O)N1CCCCCCCCOc1ccc(OCc2ccccc2)cc1. The lowest BCUT2D eigenvalue weighted by molar-refractivity contribution is -0.136. The summed E-state index contributed by atoms with van der Waals surface area (Å²) in [5.74, 6) is 1.48. The second kappa shape index (κ2) is 24.3. The first-order chi connectivity index (χ1) is 20.1. The first kappa shape index (κ1) is 38.7. The Hall–Kier alpha value is -3.34. The molecule has 0 bridgehead atoms.